The Kier molecular flexibility index (Phi) is 5.16. The van der Waals surface area contributed by atoms with E-state index in [1.165, 1.54) is 15.6 Å². The fourth-order valence-electron chi connectivity index (χ4n) is 3.50. The molecular formula is C19H23N3O3. The highest BCUT2D eigenvalue weighted by atomic mass is 16.2. The zero-order valence-corrected chi connectivity index (χ0v) is 14.2. The Morgan fingerprint density at radius 3 is 2.32 bits per heavy atom. The largest absolute Gasteiger partial charge is 0.352 e. The maximum Gasteiger partial charge on any atom is 0.317 e. The first-order chi connectivity index (χ1) is 12.1. The molecule has 25 heavy (non-hydrogen) atoms. The molecule has 1 amide bonds. The maximum atomic E-state index is 12.5. The molecule has 1 saturated carbocycles. The van der Waals surface area contributed by atoms with E-state index in [1.807, 2.05) is 0 Å². The van der Waals surface area contributed by atoms with E-state index in [1.54, 1.807) is 30.3 Å². The number of fused-ring (bicyclic) bond motifs is 1. The molecule has 1 aromatic heterocycles. The van der Waals surface area contributed by atoms with Crippen LogP contribution in [0.2, 0.25) is 0 Å². The van der Waals surface area contributed by atoms with Crippen molar-refractivity contribution in [1.82, 2.24) is 14.5 Å². The lowest BCUT2D eigenvalue weighted by Crippen LogP contribution is -2.45. The zero-order valence-electron chi connectivity index (χ0n) is 14.2. The van der Waals surface area contributed by atoms with Crippen LogP contribution >= 0.6 is 0 Å². The summed E-state index contributed by atoms with van der Waals surface area (Å²) < 4.78 is 2.66. The van der Waals surface area contributed by atoms with E-state index in [-0.39, 0.29) is 25.0 Å². The third-order valence-electron chi connectivity index (χ3n) is 4.72. The molecule has 1 N–H and O–H groups in total. The van der Waals surface area contributed by atoms with Gasteiger partial charge in [-0.1, -0.05) is 37.5 Å². The number of amides is 1. The number of aromatic nitrogens is 2. The summed E-state index contributed by atoms with van der Waals surface area (Å²) >= 11 is 0. The molecule has 132 valence electrons. The number of para-hydroxylation sites is 2. The minimum atomic E-state index is -0.681. The molecule has 2 aromatic rings. The van der Waals surface area contributed by atoms with E-state index in [4.69, 9.17) is 0 Å². The SMILES string of the molecule is C=CCn1c(=O)c(=O)n(CC(=O)NC2CCCCC2)c2ccccc21. The van der Waals surface area contributed by atoms with Crippen molar-refractivity contribution in [2.24, 2.45) is 0 Å². The van der Waals surface area contributed by atoms with Crippen molar-refractivity contribution in [3.63, 3.8) is 0 Å². The number of nitrogens with zero attached hydrogens (tertiary/aromatic N) is 2. The molecular weight excluding hydrogens is 318 g/mol. The summed E-state index contributed by atoms with van der Waals surface area (Å²) in [5.74, 6) is -0.222. The van der Waals surface area contributed by atoms with E-state index in [9.17, 15) is 14.4 Å². The predicted octanol–water partition coefficient (Wildman–Crippen LogP) is 1.80. The summed E-state index contributed by atoms with van der Waals surface area (Å²) in [6.07, 6.45) is 6.97. The second-order valence-corrected chi connectivity index (χ2v) is 6.49. The normalized spacial score (nSPS) is 15.2. The Labute approximate surface area is 145 Å². The lowest BCUT2D eigenvalue weighted by molar-refractivity contribution is -0.122. The summed E-state index contributed by atoms with van der Waals surface area (Å²) in [7, 11) is 0. The molecule has 0 saturated heterocycles. The van der Waals surface area contributed by atoms with Crippen LogP contribution in [0.1, 0.15) is 32.1 Å². The Balaban J connectivity index is 1.96. The molecule has 1 aliphatic rings. The lowest BCUT2D eigenvalue weighted by atomic mass is 9.95. The van der Waals surface area contributed by atoms with Crippen molar-refractivity contribution in [3.05, 3.63) is 57.6 Å². The average molecular weight is 341 g/mol. The Morgan fingerprint density at radius 1 is 1.08 bits per heavy atom. The topological polar surface area (TPSA) is 73.1 Å². The standard InChI is InChI=1S/C19H23N3O3/c1-2-12-21-15-10-6-7-11-16(15)22(19(25)18(21)24)13-17(23)20-14-8-4-3-5-9-14/h2,6-7,10-11,14H,1,3-5,8-9,12-13H2,(H,20,23). The summed E-state index contributed by atoms with van der Waals surface area (Å²) in [5, 5.41) is 2.99. The molecule has 1 aromatic carbocycles. The fraction of sp³-hybridized carbons (Fsp3) is 0.421. The number of rotatable bonds is 5. The van der Waals surface area contributed by atoms with E-state index < -0.39 is 11.1 Å². The van der Waals surface area contributed by atoms with Crippen LogP contribution in [0.25, 0.3) is 11.0 Å². The number of carbonyl (C=O) groups excluding carboxylic acids is 1. The van der Waals surface area contributed by atoms with Crippen molar-refractivity contribution in [3.8, 4) is 0 Å². The van der Waals surface area contributed by atoms with Crippen LogP contribution < -0.4 is 16.4 Å². The highest BCUT2D eigenvalue weighted by Gasteiger charge is 2.18. The molecule has 6 nitrogen and oxygen atoms in total. The van der Waals surface area contributed by atoms with Gasteiger partial charge in [0.05, 0.1) is 11.0 Å². The first-order valence-corrected chi connectivity index (χ1v) is 8.74. The van der Waals surface area contributed by atoms with Gasteiger partial charge in [-0.2, -0.15) is 0 Å². The number of nitrogens with one attached hydrogen (secondary N) is 1. The predicted molar refractivity (Wildman–Crippen MR) is 97.7 cm³/mol. The molecule has 0 spiro atoms. The van der Waals surface area contributed by atoms with Crippen molar-refractivity contribution in [2.75, 3.05) is 0 Å². The van der Waals surface area contributed by atoms with Gasteiger partial charge in [-0.15, -0.1) is 6.58 Å². The van der Waals surface area contributed by atoms with Gasteiger partial charge in [0.15, 0.2) is 0 Å². The van der Waals surface area contributed by atoms with Crippen LogP contribution in [0.15, 0.2) is 46.5 Å². The fourth-order valence-corrected chi connectivity index (χ4v) is 3.50. The second-order valence-electron chi connectivity index (χ2n) is 6.49. The highest BCUT2D eigenvalue weighted by Crippen LogP contribution is 2.17. The van der Waals surface area contributed by atoms with Crippen molar-refractivity contribution < 1.29 is 4.79 Å². The molecule has 1 heterocycles. The summed E-state index contributed by atoms with van der Waals surface area (Å²) in [4.78, 5) is 37.3. The van der Waals surface area contributed by atoms with Crippen LogP contribution in [-0.4, -0.2) is 21.1 Å². The molecule has 0 atom stereocenters. The van der Waals surface area contributed by atoms with Gasteiger partial charge in [0, 0.05) is 12.6 Å². The third-order valence-corrected chi connectivity index (χ3v) is 4.72. The molecule has 0 aliphatic heterocycles. The zero-order chi connectivity index (χ0) is 17.8. The van der Waals surface area contributed by atoms with Gasteiger partial charge in [0.1, 0.15) is 6.54 Å². The smallest absolute Gasteiger partial charge is 0.317 e. The molecule has 6 heteroatoms. The molecule has 0 bridgehead atoms. The number of hydrogen-bond donors (Lipinski definition) is 1. The highest BCUT2D eigenvalue weighted by molar-refractivity contribution is 5.80. The quantitative estimate of drug-likeness (QED) is 0.666. The monoisotopic (exact) mass is 341 g/mol. The molecule has 1 fully saturated rings. The number of benzene rings is 1. The molecule has 3 rings (SSSR count). The minimum Gasteiger partial charge on any atom is -0.352 e. The Morgan fingerprint density at radius 2 is 1.68 bits per heavy atom. The minimum absolute atomic E-state index is 0.139. The maximum absolute atomic E-state index is 12.5. The van der Waals surface area contributed by atoms with Crippen LogP contribution in [0.5, 0.6) is 0 Å². The van der Waals surface area contributed by atoms with Gasteiger partial charge >= 0.3 is 11.1 Å². The van der Waals surface area contributed by atoms with E-state index in [0.717, 1.165) is 25.7 Å². The Hall–Kier alpha value is -2.63. The summed E-state index contributed by atoms with van der Waals surface area (Å²) in [6.45, 7) is 3.75. The van der Waals surface area contributed by atoms with E-state index >= 15 is 0 Å². The summed E-state index contributed by atoms with van der Waals surface area (Å²) in [5.41, 5.74) is -0.117. The van der Waals surface area contributed by atoms with Gasteiger partial charge in [0.25, 0.3) is 0 Å². The molecule has 0 radical (unpaired) electrons. The van der Waals surface area contributed by atoms with Gasteiger partial charge in [-0.05, 0) is 25.0 Å². The van der Waals surface area contributed by atoms with Crippen LogP contribution in [-0.2, 0) is 17.9 Å². The van der Waals surface area contributed by atoms with Gasteiger partial charge in [0.2, 0.25) is 5.91 Å². The number of carbonyl (C=O) groups is 1. The average Bonchev–Trinajstić information content (AvgIpc) is 2.63. The van der Waals surface area contributed by atoms with Crippen LogP contribution in [0.3, 0.4) is 0 Å². The van der Waals surface area contributed by atoms with Gasteiger partial charge in [-0.3, -0.25) is 23.5 Å². The Bertz CT molecular complexity index is 904. The summed E-state index contributed by atoms with van der Waals surface area (Å²) in [6, 6.07) is 7.29. The van der Waals surface area contributed by atoms with Crippen molar-refractivity contribution in [1.29, 1.82) is 0 Å². The lowest BCUT2D eigenvalue weighted by Gasteiger charge is -2.23. The first-order valence-electron chi connectivity index (χ1n) is 8.74. The third kappa shape index (κ3) is 3.57. The van der Waals surface area contributed by atoms with Crippen molar-refractivity contribution in [2.45, 2.75) is 51.2 Å². The van der Waals surface area contributed by atoms with Crippen LogP contribution in [0.4, 0.5) is 0 Å². The number of hydrogen-bond acceptors (Lipinski definition) is 3. The van der Waals surface area contributed by atoms with Crippen molar-refractivity contribution >= 4 is 16.9 Å². The van der Waals surface area contributed by atoms with E-state index in [2.05, 4.69) is 11.9 Å². The second kappa shape index (κ2) is 7.51. The van der Waals surface area contributed by atoms with Gasteiger partial charge < -0.3 is 5.32 Å². The molecule has 1 aliphatic carbocycles. The number of allylic oxidation sites excluding steroid dienone is 1. The first kappa shape index (κ1) is 17.2. The van der Waals surface area contributed by atoms with Gasteiger partial charge in [-0.25, -0.2) is 0 Å². The molecule has 0 unspecified atom stereocenters. The van der Waals surface area contributed by atoms with E-state index in [0.29, 0.717) is 11.0 Å². The van der Waals surface area contributed by atoms with Crippen LogP contribution in [0, 0.1) is 0 Å².